The Bertz CT molecular complexity index is 1040. The van der Waals surface area contributed by atoms with Crippen LogP contribution in [0.2, 0.25) is 0 Å². The van der Waals surface area contributed by atoms with Crippen molar-refractivity contribution in [3.8, 4) is 11.5 Å². The number of halogens is 2. The summed E-state index contributed by atoms with van der Waals surface area (Å²) >= 11 is 6.26. The van der Waals surface area contributed by atoms with Crippen molar-refractivity contribution in [1.82, 2.24) is 4.90 Å². The van der Waals surface area contributed by atoms with Gasteiger partial charge in [0.15, 0.2) is 0 Å². The van der Waals surface area contributed by atoms with Crippen LogP contribution >= 0.6 is 50.3 Å². The van der Waals surface area contributed by atoms with Gasteiger partial charge in [0, 0.05) is 10.0 Å². The number of ether oxygens (including phenoxy) is 1. The Kier molecular flexibility index (Phi) is 7.52. The minimum atomic E-state index is -0.378. The summed E-state index contributed by atoms with van der Waals surface area (Å²) in [6.07, 6.45) is 1.55. The molecule has 1 saturated heterocycles. The van der Waals surface area contributed by atoms with Crippen molar-refractivity contribution in [2.45, 2.75) is 26.7 Å². The fourth-order valence-corrected chi connectivity index (χ4v) is 5.43. The van der Waals surface area contributed by atoms with Crippen molar-refractivity contribution >= 4 is 67.5 Å². The molecule has 30 heavy (non-hydrogen) atoms. The molecule has 1 aliphatic rings. The van der Waals surface area contributed by atoms with Gasteiger partial charge in [0.2, 0.25) is 0 Å². The molecule has 0 bridgehead atoms. The number of amides is 2. The number of hydrogen-bond acceptors (Lipinski definition) is 5. The summed E-state index contributed by atoms with van der Waals surface area (Å²) in [6.45, 7) is 6.56. The maximum Gasteiger partial charge on any atom is 0.293 e. The standard InChI is InChI=1S/C22H21BrINO4S/c1-12(2)16-5-4-13(3)8-18(16)29-7-6-25-21(27)19(30-22(25)28)10-14-9-15(23)11-17(24)20(14)26/h4-5,8-12,26H,6-7H2,1-3H3/b19-10-. The van der Waals surface area contributed by atoms with Crippen molar-refractivity contribution in [3.05, 3.63) is 60.0 Å². The monoisotopic (exact) mass is 601 g/mol. The summed E-state index contributed by atoms with van der Waals surface area (Å²) in [5.74, 6) is 0.786. The number of hydrogen-bond donors (Lipinski definition) is 1. The van der Waals surface area contributed by atoms with Crippen LogP contribution in [0.1, 0.15) is 36.5 Å². The molecule has 0 radical (unpaired) electrons. The molecule has 1 heterocycles. The molecule has 0 aromatic heterocycles. The lowest BCUT2D eigenvalue weighted by molar-refractivity contribution is -0.123. The lowest BCUT2D eigenvalue weighted by Crippen LogP contribution is -2.32. The van der Waals surface area contributed by atoms with Crippen molar-refractivity contribution in [3.63, 3.8) is 0 Å². The minimum Gasteiger partial charge on any atom is -0.506 e. The molecule has 0 unspecified atom stereocenters. The zero-order chi connectivity index (χ0) is 22.0. The van der Waals surface area contributed by atoms with Gasteiger partial charge in [-0.25, -0.2) is 0 Å². The molecular formula is C22H21BrINO4S. The van der Waals surface area contributed by atoms with E-state index in [0.29, 0.717) is 15.1 Å². The highest BCUT2D eigenvalue weighted by Crippen LogP contribution is 2.36. The average molecular weight is 602 g/mol. The third kappa shape index (κ3) is 5.20. The molecule has 2 amide bonds. The zero-order valence-electron chi connectivity index (χ0n) is 16.7. The van der Waals surface area contributed by atoms with E-state index in [1.165, 1.54) is 4.90 Å². The summed E-state index contributed by atoms with van der Waals surface area (Å²) in [5, 5.41) is 9.91. The molecule has 1 N–H and O–H groups in total. The van der Waals surface area contributed by atoms with Crippen LogP contribution in [0.5, 0.6) is 11.5 Å². The van der Waals surface area contributed by atoms with E-state index in [-0.39, 0.29) is 35.0 Å². The first-order chi connectivity index (χ1) is 14.2. The van der Waals surface area contributed by atoms with E-state index < -0.39 is 0 Å². The molecule has 5 nitrogen and oxygen atoms in total. The van der Waals surface area contributed by atoms with Crippen LogP contribution < -0.4 is 4.74 Å². The van der Waals surface area contributed by atoms with E-state index >= 15 is 0 Å². The third-order valence-corrected chi connectivity index (χ3v) is 6.77. The minimum absolute atomic E-state index is 0.0783. The molecule has 3 rings (SSSR count). The largest absolute Gasteiger partial charge is 0.506 e. The molecule has 2 aromatic rings. The number of imide groups is 1. The number of carbonyl (C=O) groups is 2. The molecule has 1 aliphatic heterocycles. The number of phenolic OH excluding ortho intramolecular Hbond substituents is 1. The van der Waals surface area contributed by atoms with Gasteiger partial charge < -0.3 is 9.84 Å². The Morgan fingerprint density at radius 1 is 1.27 bits per heavy atom. The summed E-state index contributed by atoms with van der Waals surface area (Å²) < 4.78 is 7.35. The number of rotatable bonds is 6. The second-order valence-corrected chi connectivity index (χ2v) is 10.3. The van der Waals surface area contributed by atoms with Gasteiger partial charge in [0.05, 0.1) is 15.0 Å². The molecule has 2 aromatic carbocycles. The van der Waals surface area contributed by atoms with E-state index in [0.717, 1.165) is 33.1 Å². The normalized spacial score (nSPS) is 15.5. The van der Waals surface area contributed by atoms with E-state index in [4.69, 9.17) is 4.74 Å². The second kappa shape index (κ2) is 9.74. The van der Waals surface area contributed by atoms with Crippen LogP contribution in [-0.2, 0) is 4.79 Å². The second-order valence-electron chi connectivity index (χ2n) is 7.20. The predicted octanol–water partition coefficient (Wildman–Crippen LogP) is 6.31. The van der Waals surface area contributed by atoms with E-state index in [1.807, 2.05) is 47.7 Å². The molecule has 0 saturated carbocycles. The van der Waals surface area contributed by atoms with Crippen LogP contribution in [0.4, 0.5) is 4.79 Å². The van der Waals surface area contributed by atoms with Gasteiger partial charge >= 0.3 is 0 Å². The number of thioether (sulfide) groups is 1. The number of benzene rings is 2. The van der Waals surface area contributed by atoms with Crippen molar-refractivity contribution in [2.75, 3.05) is 13.2 Å². The van der Waals surface area contributed by atoms with Gasteiger partial charge in [-0.1, -0.05) is 41.9 Å². The fraction of sp³-hybridized carbons (Fsp3) is 0.273. The molecule has 0 atom stereocenters. The maximum absolute atomic E-state index is 12.7. The van der Waals surface area contributed by atoms with E-state index in [9.17, 15) is 14.7 Å². The summed E-state index contributed by atoms with van der Waals surface area (Å²) in [7, 11) is 0. The highest BCUT2D eigenvalue weighted by molar-refractivity contribution is 14.1. The molecule has 8 heteroatoms. The highest BCUT2D eigenvalue weighted by Gasteiger charge is 2.35. The van der Waals surface area contributed by atoms with Crippen LogP contribution in [0.15, 0.2) is 39.7 Å². The van der Waals surface area contributed by atoms with Gasteiger partial charge in [-0.05, 0) is 82.6 Å². The number of phenols is 1. The number of aromatic hydroxyl groups is 1. The van der Waals surface area contributed by atoms with E-state index in [1.54, 1.807) is 18.2 Å². The lowest BCUT2D eigenvalue weighted by atomic mass is 10.0. The van der Waals surface area contributed by atoms with Crippen LogP contribution in [0.25, 0.3) is 6.08 Å². The molecule has 0 spiro atoms. The summed E-state index contributed by atoms with van der Waals surface area (Å²) in [6, 6.07) is 9.54. The lowest BCUT2D eigenvalue weighted by Gasteiger charge is -2.17. The van der Waals surface area contributed by atoms with Gasteiger partial charge in [0.25, 0.3) is 11.1 Å². The first kappa shape index (κ1) is 23.1. The SMILES string of the molecule is Cc1ccc(C(C)C)c(OCCN2C(=O)S/C(=C\c3cc(Br)cc(I)c3O)C2=O)c1. The summed E-state index contributed by atoms with van der Waals surface area (Å²) in [4.78, 5) is 26.6. The van der Waals surface area contributed by atoms with E-state index in [2.05, 4.69) is 29.8 Å². The predicted molar refractivity (Wildman–Crippen MR) is 132 cm³/mol. The first-order valence-electron chi connectivity index (χ1n) is 9.34. The Morgan fingerprint density at radius 3 is 2.70 bits per heavy atom. The number of nitrogens with zero attached hydrogens (tertiary/aromatic N) is 1. The van der Waals surface area contributed by atoms with Gasteiger partial charge in [-0.3, -0.25) is 14.5 Å². The van der Waals surface area contributed by atoms with Crippen molar-refractivity contribution in [2.24, 2.45) is 0 Å². The Balaban J connectivity index is 1.72. The van der Waals surface area contributed by atoms with Gasteiger partial charge in [-0.2, -0.15) is 0 Å². The average Bonchev–Trinajstić information content (AvgIpc) is 2.93. The Hall–Kier alpha value is -1.52. The van der Waals surface area contributed by atoms with Gasteiger partial charge in [-0.15, -0.1) is 0 Å². The molecular weight excluding hydrogens is 581 g/mol. The maximum atomic E-state index is 12.7. The van der Waals surface area contributed by atoms with Crippen molar-refractivity contribution < 1.29 is 19.4 Å². The number of aryl methyl sites for hydroxylation is 1. The van der Waals surface area contributed by atoms with Crippen LogP contribution in [-0.4, -0.2) is 34.3 Å². The third-order valence-electron chi connectivity index (χ3n) is 4.58. The highest BCUT2D eigenvalue weighted by atomic mass is 127. The Morgan fingerprint density at radius 2 is 2.00 bits per heavy atom. The quantitative estimate of drug-likeness (QED) is 0.311. The van der Waals surface area contributed by atoms with Crippen LogP contribution in [0.3, 0.4) is 0 Å². The molecule has 0 aliphatic carbocycles. The summed E-state index contributed by atoms with van der Waals surface area (Å²) in [5.41, 5.74) is 2.66. The van der Waals surface area contributed by atoms with Crippen molar-refractivity contribution in [1.29, 1.82) is 0 Å². The number of carbonyl (C=O) groups excluding carboxylic acids is 2. The first-order valence-corrected chi connectivity index (χ1v) is 12.0. The van der Waals surface area contributed by atoms with Gasteiger partial charge in [0.1, 0.15) is 18.1 Å². The fourth-order valence-electron chi connectivity index (χ4n) is 3.02. The topological polar surface area (TPSA) is 66.8 Å². The smallest absolute Gasteiger partial charge is 0.293 e. The zero-order valence-corrected chi connectivity index (χ0v) is 21.3. The molecule has 158 valence electrons. The Labute approximate surface area is 202 Å². The van der Waals surface area contributed by atoms with Crippen LogP contribution in [0, 0.1) is 10.5 Å². The molecule has 1 fully saturated rings.